The molecule has 1 radical (unpaired) electrons. The van der Waals surface area contributed by atoms with E-state index in [1.54, 1.807) is 0 Å². The Kier molecular flexibility index (Phi) is 19.8. The van der Waals surface area contributed by atoms with Crippen LogP contribution in [-0.4, -0.2) is 13.2 Å². The van der Waals surface area contributed by atoms with Crippen molar-refractivity contribution in [2.24, 2.45) is 0 Å². The Balaban J connectivity index is 0.000000308. The summed E-state index contributed by atoms with van der Waals surface area (Å²) in [5.41, 5.74) is 2.70. The number of hydrogen-bond donors (Lipinski definition) is 0. The summed E-state index contributed by atoms with van der Waals surface area (Å²) in [6, 6.07) is 71.8. The zero-order chi connectivity index (χ0) is 44.4. The van der Waals surface area contributed by atoms with Gasteiger partial charge in [0.2, 0.25) is 0 Å². The number of ether oxygens (including phenoxy) is 1. The van der Waals surface area contributed by atoms with Gasteiger partial charge in [-0.3, -0.25) is 0 Å². The van der Waals surface area contributed by atoms with Gasteiger partial charge in [0.05, 0.1) is 0 Å². The molecule has 0 saturated carbocycles. The van der Waals surface area contributed by atoms with Crippen LogP contribution in [-0.2, 0) is 24.2 Å². The largest absolute Gasteiger partial charge is 2.00 e. The fourth-order valence-corrected chi connectivity index (χ4v) is 12.9. The van der Waals surface area contributed by atoms with Gasteiger partial charge >= 0.3 is 19.5 Å². The number of halogens is 1. The van der Waals surface area contributed by atoms with Crippen molar-refractivity contribution in [3.8, 4) is 11.1 Å². The first-order valence-corrected chi connectivity index (χ1v) is 25.6. The van der Waals surface area contributed by atoms with E-state index in [2.05, 4.69) is 218 Å². The molecule has 8 aromatic carbocycles. The second-order valence-corrected chi connectivity index (χ2v) is 20.3. The summed E-state index contributed by atoms with van der Waals surface area (Å²) >= 11 is 0. The maximum atomic E-state index is 8.49. The van der Waals surface area contributed by atoms with Crippen LogP contribution in [0.25, 0.3) is 32.7 Å². The van der Waals surface area contributed by atoms with Crippen molar-refractivity contribution >= 4 is 69.2 Å². The molecule has 8 aromatic rings. The number of allylic oxidation sites excluding steroid dienone is 4. The molecular formula is C56H52ClO5P2Rh+. The van der Waals surface area contributed by atoms with E-state index >= 15 is 0 Å². The van der Waals surface area contributed by atoms with E-state index < -0.39 is 26.1 Å². The quantitative estimate of drug-likeness (QED) is 0.0920. The number of hydrogen-bond acceptors (Lipinski definition) is 5. The molecule has 1 aliphatic heterocycles. The van der Waals surface area contributed by atoms with E-state index in [0.717, 1.165) is 13.2 Å². The molecule has 5 nitrogen and oxygen atoms in total. The maximum Gasteiger partial charge on any atom is 2.00 e. The Labute approximate surface area is 401 Å². The molecule has 1 saturated heterocycles. The standard InChI is InChI=1S/C44H32P2.C8H12.C4H8O.ClHO4.Rh/c1-5-19-35(20-6-1)45(36-21-7-2-8-22-36)41-31-29-33-17-13-15-27-39(33)43(41)44-40-28-16-14-18-34(40)30-32-42(44)46(37-23-9-3-10-24-37)38-25-11-4-12-26-38;1-2-4-6-8-7-5-3-1;1-2-4-5-3-1;2-1(3,4)5;/h1-32H;1-2,7-8H,3-6H2;1-4H2;(H,2,3,4,5);/q;;;;+2/p-1/b;2-1-,8-7-;;;. The van der Waals surface area contributed by atoms with Gasteiger partial charge in [0.1, 0.15) is 0 Å². The summed E-state index contributed by atoms with van der Waals surface area (Å²) < 4.78 is 38.9. The topological polar surface area (TPSA) is 101 Å². The molecule has 2 aliphatic rings. The van der Waals surface area contributed by atoms with E-state index in [-0.39, 0.29) is 19.5 Å². The molecule has 1 fully saturated rings. The van der Waals surface area contributed by atoms with Gasteiger partial charge in [0, 0.05) is 13.2 Å². The molecule has 0 spiro atoms. The monoisotopic (exact) mass is 1000 g/mol. The van der Waals surface area contributed by atoms with Gasteiger partial charge in [0.25, 0.3) is 0 Å². The van der Waals surface area contributed by atoms with Crippen LogP contribution >= 0.6 is 15.8 Å². The van der Waals surface area contributed by atoms with Crippen LogP contribution in [0.3, 0.4) is 0 Å². The SMILES string of the molecule is C1=C\CC/C=C\CC/1.C1CCOC1.[O-][Cl+3]([O-])([O-])[O-].[Rh+2].c1ccc(P(c2ccccc2)c2ccc3ccccc3c2-c2c(P(c3ccccc3)c3ccccc3)ccc3ccccc23)cc1. The van der Waals surface area contributed by atoms with Gasteiger partial charge in [-0.25, -0.2) is 18.6 Å². The van der Waals surface area contributed by atoms with E-state index in [0.29, 0.717) is 0 Å². The first kappa shape index (κ1) is 49.8. The molecule has 10 rings (SSSR count). The third-order valence-corrected chi connectivity index (χ3v) is 15.7. The normalized spacial score (nSPS) is 14.3. The van der Waals surface area contributed by atoms with Crippen molar-refractivity contribution in [2.75, 3.05) is 13.2 Å². The molecule has 1 aliphatic carbocycles. The van der Waals surface area contributed by atoms with Crippen LogP contribution in [0.1, 0.15) is 38.5 Å². The van der Waals surface area contributed by atoms with Crippen LogP contribution in [0.2, 0.25) is 0 Å². The Morgan fingerprint density at radius 2 is 0.631 bits per heavy atom. The average molecular weight is 1010 g/mol. The second kappa shape index (κ2) is 25.9. The third-order valence-electron chi connectivity index (χ3n) is 10.8. The van der Waals surface area contributed by atoms with E-state index in [1.807, 2.05) is 0 Å². The molecule has 0 bridgehead atoms. The smallest absolute Gasteiger partial charge is 0.381 e. The zero-order valence-corrected chi connectivity index (χ0v) is 40.3. The molecule has 0 amide bonds. The number of fused-ring (bicyclic) bond motifs is 2. The minimum absolute atomic E-state index is 0. The Morgan fingerprint density at radius 3 is 0.908 bits per heavy atom. The molecule has 0 aromatic heterocycles. The molecular weight excluding hydrogens is 953 g/mol. The predicted octanol–water partition coefficient (Wildman–Crippen LogP) is 7.89. The first-order chi connectivity index (χ1) is 31.4. The fraction of sp³-hybridized carbons (Fsp3) is 0.143. The van der Waals surface area contributed by atoms with Crippen LogP contribution in [0.4, 0.5) is 0 Å². The summed E-state index contributed by atoms with van der Waals surface area (Å²) in [7, 11) is -6.65. The third kappa shape index (κ3) is 14.4. The van der Waals surface area contributed by atoms with Crippen LogP contribution in [0.5, 0.6) is 0 Å². The van der Waals surface area contributed by atoms with Crippen molar-refractivity contribution in [1.29, 1.82) is 0 Å². The summed E-state index contributed by atoms with van der Waals surface area (Å²) in [5, 5.41) is 13.3. The number of rotatable bonds is 7. The molecule has 9 heteroatoms. The van der Waals surface area contributed by atoms with Gasteiger partial charge in [-0.05, 0) is 119 Å². The van der Waals surface area contributed by atoms with Crippen molar-refractivity contribution in [3.05, 3.63) is 218 Å². The Morgan fingerprint density at radius 1 is 0.354 bits per heavy atom. The second-order valence-electron chi connectivity index (χ2n) is 15.2. The predicted molar refractivity (Wildman–Crippen MR) is 261 cm³/mol. The van der Waals surface area contributed by atoms with Gasteiger partial charge in [-0.2, -0.15) is 0 Å². The molecule has 331 valence electrons. The zero-order valence-electron chi connectivity index (χ0n) is 36.1. The van der Waals surface area contributed by atoms with Gasteiger partial charge in [-0.1, -0.05) is 218 Å². The van der Waals surface area contributed by atoms with Gasteiger partial charge in [-0.15, -0.1) is 10.2 Å². The first-order valence-electron chi connectivity index (χ1n) is 21.7. The summed E-state index contributed by atoms with van der Waals surface area (Å²) in [4.78, 5) is 0. The molecule has 0 atom stereocenters. The van der Waals surface area contributed by atoms with Crippen LogP contribution in [0, 0.1) is 10.2 Å². The van der Waals surface area contributed by atoms with Gasteiger partial charge in [0.15, 0.2) is 0 Å². The minimum atomic E-state index is -4.94. The van der Waals surface area contributed by atoms with Gasteiger partial charge < -0.3 is 4.74 Å². The van der Waals surface area contributed by atoms with Crippen LogP contribution in [0.15, 0.2) is 218 Å². The van der Waals surface area contributed by atoms with E-state index in [4.69, 9.17) is 23.4 Å². The van der Waals surface area contributed by atoms with Crippen molar-refractivity contribution in [1.82, 2.24) is 0 Å². The summed E-state index contributed by atoms with van der Waals surface area (Å²) in [5.74, 6) is 0. The Bertz CT molecular complexity index is 2430. The van der Waals surface area contributed by atoms with E-state index in [9.17, 15) is 0 Å². The minimum Gasteiger partial charge on any atom is -0.381 e. The van der Waals surface area contributed by atoms with Crippen LogP contribution < -0.4 is 50.5 Å². The molecule has 65 heavy (non-hydrogen) atoms. The number of benzene rings is 8. The summed E-state index contributed by atoms with van der Waals surface area (Å²) in [6.07, 6.45) is 16.6. The summed E-state index contributed by atoms with van der Waals surface area (Å²) in [6.45, 7) is 2.00. The van der Waals surface area contributed by atoms with Crippen molar-refractivity contribution in [3.63, 3.8) is 0 Å². The van der Waals surface area contributed by atoms with Crippen molar-refractivity contribution in [2.45, 2.75) is 38.5 Å². The maximum absolute atomic E-state index is 8.49. The average Bonchev–Trinajstić information content (AvgIpc) is 3.91. The fourth-order valence-electron chi connectivity index (χ4n) is 7.95. The molecule has 1 heterocycles. The van der Waals surface area contributed by atoms with Crippen molar-refractivity contribution < 1.29 is 53.1 Å². The molecule has 0 unspecified atom stereocenters. The molecule has 0 N–H and O–H groups in total. The Hall–Kier alpha value is -4.67. The van der Waals surface area contributed by atoms with E-state index in [1.165, 1.54) is 103 Å².